The number of rotatable bonds is 5. The van der Waals surface area contributed by atoms with E-state index >= 15 is 0 Å². The second-order valence-electron chi connectivity index (χ2n) is 7.25. The number of carbonyl (C=O) groups excluding carboxylic acids is 1. The zero-order valence-electron chi connectivity index (χ0n) is 15.1. The van der Waals surface area contributed by atoms with Crippen molar-refractivity contribution in [3.05, 3.63) is 65.7 Å². The summed E-state index contributed by atoms with van der Waals surface area (Å²) in [5.74, 6) is 1.92. The summed E-state index contributed by atoms with van der Waals surface area (Å²) < 4.78 is 5.62. The van der Waals surface area contributed by atoms with E-state index in [-0.39, 0.29) is 24.1 Å². The van der Waals surface area contributed by atoms with Crippen molar-refractivity contribution in [1.82, 2.24) is 4.90 Å². The van der Waals surface area contributed by atoms with Crippen LogP contribution in [-0.2, 0) is 0 Å². The molecule has 3 heterocycles. The Labute approximate surface area is 161 Å². The zero-order chi connectivity index (χ0) is 17.2. The van der Waals surface area contributed by atoms with Crippen LogP contribution in [0.3, 0.4) is 0 Å². The molecule has 3 nitrogen and oxygen atoms in total. The van der Waals surface area contributed by atoms with Gasteiger partial charge in [0.05, 0.1) is 13.0 Å². The fraction of sp³-hybridized carbons (Fsp3) is 0.409. The first-order chi connectivity index (χ1) is 12.3. The van der Waals surface area contributed by atoms with Crippen LogP contribution in [0.4, 0.5) is 0 Å². The maximum absolute atomic E-state index is 13.5. The lowest BCUT2D eigenvalue weighted by Crippen LogP contribution is -2.50. The molecule has 138 valence electrons. The molecule has 3 aliphatic rings. The maximum atomic E-state index is 13.5. The molecule has 0 radical (unpaired) electrons. The molecule has 0 N–H and O–H groups in total. The molecule has 0 spiro atoms. The van der Waals surface area contributed by atoms with Gasteiger partial charge in [-0.25, -0.2) is 0 Å². The second kappa shape index (κ2) is 8.24. The van der Waals surface area contributed by atoms with Gasteiger partial charge in [0.1, 0.15) is 5.75 Å². The van der Waals surface area contributed by atoms with Crippen LogP contribution in [0.25, 0.3) is 0 Å². The summed E-state index contributed by atoms with van der Waals surface area (Å²) in [6.07, 6.45) is 2.41. The van der Waals surface area contributed by atoms with Gasteiger partial charge in [-0.3, -0.25) is 4.79 Å². The van der Waals surface area contributed by atoms with Crippen LogP contribution in [0.5, 0.6) is 5.75 Å². The van der Waals surface area contributed by atoms with Crippen LogP contribution >= 0.6 is 12.4 Å². The smallest absolute Gasteiger partial charge is 0.170 e. The van der Waals surface area contributed by atoms with Crippen molar-refractivity contribution in [2.45, 2.75) is 18.8 Å². The number of benzene rings is 2. The monoisotopic (exact) mass is 371 g/mol. The highest BCUT2D eigenvalue weighted by Crippen LogP contribution is 2.44. The number of halogens is 1. The summed E-state index contributed by atoms with van der Waals surface area (Å²) >= 11 is 0. The van der Waals surface area contributed by atoms with Crippen molar-refractivity contribution in [1.29, 1.82) is 0 Å². The molecule has 0 saturated carbocycles. The molecular formula is C22H26ClNO2. The Morgan fingerprint density at radius 3 is 2.31 bits per heavy atom. The standard InChI is InChI=1S/C22H25NO2.ClH/c1-25-20-10-6-5-9-18(20)21(22(24)17-7-3-2-4-8-17)19-15-23-13-11-16(19)12-14-23;/h2-10,16,19,21H,11-15H2,1H3;1H. The number of fused-ring (bicyclic) bond motifs is 3. The van der Waals surface area contributed by atoms with Crippen molar-refractivity contribution >= 4 is 18.2 Å². The van der Waals surface area contributed by atoms with Gasteiger partial charge in [-0.1, -0.05) is 48.5 Å². The number of ether oxygens (including phenoxy) is 1. The molecule has 4 heteroatoms. The minimum absolute atomic E-state index is 0. The molecular weight excluding hydrogens is 346 g/mol. The van der Waals surface area contributed by atoms with Crippen molar-refractivity contribution in [3.63, 3.8) is 0 Å². The minimum atomic E-state index is -0.133. The Morgan fingerprint density at radius 2 is 1.69 bits per heavy atom. The van der Waals surface area contributed by atoms with Gasteiger partial charge in [-0.2, -0.15) is 0 Å². The first kappa shape index (κ1) is 18.9. The lowest BCUT2D eigenvalue weighted by atomic mass is 9.68. The molecule has 2 aromatic rings. The molecule has 2 bridgehead atoms. The van der Waals surface area contributed by atoms with Crippen LogP contribution in [-0.4, -0.2) is 37.4 Å². The van der Waals surface area contributed by atoms with Crippen LogP contribution in [0.1, 0.15) is 34.7 Å². The molecule has 0 amide bonds. The second-order valence-corrected chi connectivity index (χ2v) is 7.25. The highest BCUT2D eigenvalue weighted by atomic mass is 35.5. The quantitative estimate of drug-likeness (QED) is 0.728. The predicted molar refractivity (Wildman–Crippen MR) is 106 cm³/mol. The molecule has 3 aliphatic heterocycles. The van der Waals surface area contributed by atoms with Gasteiger partial charge in [-0.05, 0) is 43.8 Å². The minimum Gasteiger partial charge on any atom is -0.496 e. The average Bonchev–Trinajstić information content (AvgIpc) is 2.70. The number of Topliss-reactive ketones (excluding diaryl/α,β-unsaturated/α-hetero) is 1. The molecule has 0 aromatic heterocycles. The molecule has 3 saturated heterocycles. The molecule has 2 atom stereocenters. The van der Waals surface area contributed by atoms with E-state index in [9.17, 15) is 4.79 Å². The topological polar surface area (TPSA) is 29.5 Å². The highest BCUT2D eigenvalue weighted by molar-refractivity contribution is 6.01. The Kier molecular flexibility index (Phi) is 6.00. The van der Waals surface area contributed by atoms with E-state index in [1.807, 2.05) is 48.5 Å². The normalized spacial score (nSPS) is 25.2. The van der Waals surface area contributed by atoms with Crippen molar-refractivity contribution in [2.75, 3.05) is 26.7 Å². The van der Waals surface area contributed by atoms with Crippen LogP contribution in [0, 0.1) is 11.8 Å². The molecule has 0 aliphatic carbocycles. The van der Waals surface area contributed by atoms with Crippen LogP contribution in [0.15, 0.2) is 54.6 Å². The van der Waals surface area contributed by atoms with Gasteiger partial charge in [0.2, 0.25) is 0 Å². The Bertz CT molecular complexity index is 741. The number of hydrogen-bond acceptors (Lipinski definition) is 3. The lowest BCUT2D eigenvalue weighted by molar-refractivity contribution is 0.0343. The van der Waals surface area contributed by atoms with Crippen LogP contribution in [0.2, 0.25) is 0 Å². The number of para-hydroxylation sites is 1. The summed E-state index contributed by atoms with van der Waals surface area (Å²) in [4.78, 5) is 16.0. The molecule has 2 aromatic carbocycles. The molecule has 26 heavy (non-hydrogen) atoms. The maximum Gasteiger partial charge on any atom is 0.170 e. The third-order valence-corrected chi connectivity index (χ3v) is 5.95. The molecule has 3 fully saturated rings. The van der Waals surface area contributed by atoms with E-state index in [1.54, 1.807) is 7.11 Å². The van der Waals surface area contributed by atoms with Gasteiger partial charge in [-0.15, -0.1) is 12.4 Å². The predicted octanol–water partition coefficient (Wildman–Crippen LogP) is 4.43. The van der Waals surface area contributed by atoms with Gasteiger partial charge < -0.3 is 9.64 Å². The van der Waals surface area contributed by atoms with E-state index in [1.165, 1.54) is 25.9 Å². The SMILES string of the molecule is COc1ccccc1C(C(=O)c1ccccc1)C1CN2CCC1CC2.Cl. The Morgan fingerprint density at radius 1 is 1.04 bits per heavy atom. The number of piperidine rings is 3. The average molecular weight is 372 g/mol. The summed E-state index contributed by atoms with van der Waals surface area (Å²) in [7, 11) is 1.69. The van der Waals surface area contributed by atoms with Gasteiger partial charge in [0.15, 0.2) is 5.78 Å². The van der Waals surface area contributed by atoms with Crippen molar-refractivity contribution in [3.8, 4) is 5.75 Å². The van der Waals surface area contributed by atoms with E-state index in [4.69, 9.17) is 4.74 Å². The Hall–Kier alpha value is -1.84. The first-order valence-electron chi connectivity index (χ1n) is 9.22. The summed E-state index contributed by atoms with van der Waals surface area (Å²) in [5.41, 5.74) is 1.84. The van der Waals surface area contributed by atoms with Crippen molar-refractivity contribution < 1.29 is 9.53 Å². The highest BCUT2D eigenvalue weighted by Gasteiger charge is 2.42. The number of methoxy groups -OCH3 is 1. The molecule has 2 unspecified atom stereocenters. The summed E-state index contributed by atoms with van der Waals surface area (Å²) in [5, 5.41) is 0. The fourth-order valence-electron chi connectivity index (χ4n) is 4.66. The number of nitrogens with zero attached hydrogens (tertiary/aromatic N) is 1. The fourth-order valence-corrected chi connectivity index (χ4v) is 4.66. The third kappa shape index (κ3) is 3.51. The number of hydrogen-bond donors (Lipinski definition) is 0. The van der Waals surface area contributed by atoms with E-state index in [0.29, 0.717) is 11.8 Å². The largest absolute Gasteiger partial charge is 0.496 e. The summed E-state index contributed by atoms with van der Waals surface area (Å²) in [6.45, 7) is 3.38. The number of carbonyl (C=O) groups is 1. The van der Waals surface area contributed by atoms with E-state index in [2.05, 4.69) is 11.0 Å². The van der Waals surface area contributed by atoms with Crippen LogP contribution < -0.4 is 4.74 Å². The van der Waals surface area contributed by atoms with E-state index < -0.39 is 0 Å². The van der Waals surface area contributed by atoms with Crippen molar-refractivity contribution in [2.24, 2.45) is 11.8 Å². The number of ketones is 1. The van der Waals surface area contributed by atoms with E-state index in [0.717, 1.165) is 23.4 Å². The lowest BCUT2D eigenvalue weighted by Gasteiger charge is -2.47. The van der Waals surface area contributed by atoms with Gasteiger partial charge >= 0.3 is 0 Å². The molecule has 5 rings (SSSR count). The van der Waals surface area contributed by atoms with Gasteiger partial charge in [0.25, 0.3) is 0 Å². The third-order valence-electron chi connectivity index (χ3n) is 5.95. The Balaban J connectivity index is 0.00000196. The summed E-state index contributed by atoms with van der Waals surface area (Å²) in [6, 6.07) is 17.8. The van der Waals surface area contributed by atoms with Gasteiger partial charge in [0, 0.05) is 17.7 Å². The zero-order valence-corrected chi connectivity index (χ0v) is 16.0. The first-order valence-corrected chi connectivity index (χ1v) is 9.22.